The minimum absolute atomic E-state index is 0.198. The number of aromatic nitrogens is 3. The molecular formula is C12H16N4OS. The predicted molar refractivity (Wildman–Crippen MR) is 72.2 cm³/mol. The predicted octanol–water partition coefficient (Wildman–Crippen LogP) is 2.19. The van der Waals surface area contributed by atoms with Gasteiger partial charge in [-0.3, -0.25) is 4.98 Å². The second kappa shape index (κ2) is 5.97. The molecule has 2 aromatic heterocycles. The Labute approximate surface area is 110 Å². The zero-order valence-electron chi connectivity index (χ0n) is 10.5. The van der Waals surface area contributed by atoms with E-state index in [2.05, 4.69) is 15.1 Å². The Bertz CT molecular complexity index is 514. The van der Waals surface area contributed by atoms with Crippen molar-refractivity contribution >= 4 is 11.8 Å². The van der Waals surface area contributed by atoms with E-state index >= 15 is 0 Å². The fourth-order valence-corrected chi connectivity index (χ4v) is 2.05. The number of aryl methyl sites for hydroxylation is 1. The molecule has 96 valence electrons. The molecule has 0 unspecified atom stereocenters. The van der Waals surface area contributed by atoms with Crippen molar-refractivity contribution in [2.24, 2.45) is 5.73 Å². The van der Waals surface area contributed by atoms with E-state index in [1.54, 1.807) is 24.2 Å². The van der Waals surface area contributed by atoms with Gasteiger partial charge in [0.05, 0.1) is 6.04 Å². The average Bonchev–Trinajstić information content (AvgIpc) is 2.86. The highest BCUT2D eigenvalue weighted by molar-refractivity contribution is 7.98. The van der Waals surface area contributed by atoms with Crippen LogP contribution in [-0.4, -0.2) is 27.1 Å². The zero-order valence-corrected chi connectivity index (χ0v) is 11.3. The number of nitrogens with two attached hydrogens (primary N) is 1. The largest absolute Gasteiger partial charge is 0.337 e. The van der Waals surface area contributed by atoms with Gasteiger partial charge >= 0.3 is 0 Å². The van der Waals surface area contributed by atoms with Gasteiger partial charge < -0.3 is 10.3 Å². The minimum Gasteiger partial charge on any atom is -0.337 e. The SMILES string of the molecule is CSCC[C@@H](N)c1nc(-c2cnccc2C)no1. The van der Waals surface area contributed by atoms with Gasteiger partial charge in [-0.05, 0) is 37.0 Å². The molecule has 0 amide bonds. The number of hydrogen-bond acceptors (Lipinski definition) is 6. The van der Waals surface area contributed by atoms with Crippen LogP contribution in [0.1, 0.15) is 23.9 Å². The van der Waals surface area contributed by atoms with E-state index in [4.69, 9.17) is 10.3 Å². The van der Waals surface area contributed by atoms with E-state index in [9.17, 15) is 0 Å². The van der Waals surface area contributed by atoms with E-state index in [1.807, 2.05) is 19.2 Å². The first-order valence-electron chi connectivity index (χ1n) is 5.71. The van der Waals surface area contributed by atoms with Crippen LogP contribution in [-0.2, 0) is 0 Å². The molecule has 5 nitrogen and oxygen atoms in total. The molecule has 0 aromatic carbocycles. The Balaban J connectivity index is 2.18. The summed E-state index contributed by atoms with van der Waals surface area (Å²) in [4.78, 5) is 8.41. The maximum absolute atomic E-state index is 5.99. The number of nitrogens with zero attached hydrogens (tertiary/aromatic N) is 3. The third-order valence-electron chi connectivity index (χ3n) is 2.67. The first-order chi connectivity index (χ1) is 8.72. The smallest absolute Gasteiger partial charge is 0.243 e. The number of rotatable bonds is 5. The average molecular weight is 264 g/mol. The highest BCUT2D eigenvalue weighted by Gasteiger charge is 2.16. The molecule has 0 radical (unpaired) electrons. The third kappa shape index (κ3) is 2.88. The van der Waals surface area contributed by atoms with Crippen molar-refractivity contribution in [3.63, 3.8) is 0 Å². The van der Waals surface area contributed by atoms with Crippen LogP contribution in [0, 0.1) is 6.92 Å². The minimum atomic E-state index is -0.198. The summed E-state index contributed by atoms with van der Waals surface area (Å²) in [6.07, 6.45) is 6.35. The first kappa shape index (κ1) is 13.0. The van der Waals surface area contributed by atoms with Crippen molar-refractivity contribution in [1.29, 1.82) is 0 Å². The Kier molecular flexibility index (Phi) is 4.33. The summed E-state index contributed by atoms with van der Waals surface area (Å²) in [7, 11) is 0. The van der Waals surface area contributed by atoms with Gasteiger partial charge in [0, 0.05) is 18.0 Å². The molecule has 0 fully saturated rings. The van der Waals surface area contributed by atoms with Gasteiger partial charge in [-0.15, -0.1) is 0 Å². The highest BCUT2D eigenvalue weighted by Crippen LogP contribution is 2.21. The van der Waals surface area contributed by atoms with E-state index in [-0.39, 0.29) is 6.04 Å². The van der Waals surface area contributed by atoms with Crippen LogP contribution in [0.5, 0.6) is 0 Å². The van der Waals surface area contributed by atoms with Crippen LogP contribution in [0.25, 0.3) is 11.4 Å². The Morgan fingerprint density at radius 3 is 3.06 bits per heavy atom. The molecule has 18 heavy (non-hydrogen) atoms. The molecule has 0 aliphatic carbocycles. The number of pyridine rings is 1. The molecule has 2 rings (SSSR count). The number of thioether (sulfide) groups is 1. The Hall–Kier alpha value is -1.40. The molecule has 2 heterocycles. The first-order valence-corrected chi connectivity index (χ1v) is 7.11. The molecule has 0 aliphatic heterocycles. The van der Waals surface area contributed by atoms with Crippen LogP contribution < -0.4 is 5.73 Å². The van der Waals surface area contributed by atoms with E-state index in [0.717, 1.165) is 23.3 Å². The quantitative estimate of drug-likeness (QED) is 0.892. The van der Waals surface area contributed by atoms with Crippen LogP contribution in [0.2, 0.25) is 0 Å². The van der Waals surface area contributed by atoms with Gasteiger partial charge in [-0.2, -0.15) is 16.7 Å². The van der Waals surface area contributed by atoms with E-state index < -0.39 is 0 Å². The van der Waals surface area contributed by atoms with Crippen molar-refractivity contribution in [2.45, 2.75) is 19.4 Å². The summed E-state index contributed by atoms with van der Waals surface area (Å²) in [5.41, 5.74) is 7.93. The third-order valence-corrected chi connectivity index (χ3v) is 3.32. The highest BCUT2D eigenvalue weighted by atomic mass is 32.2. The van der Waals surface area contributed by atoms with Crippen molar-refractivity contribution in [3.8, 4) is 11.4 Å². The van der Waals surface area contributed by atoms with Crippen molar-refractivity contribution in [3.05, 3.63) is 29.9 Å². The summed E-state index contributed by atoms with van der Waals surface area (Å²) in [6, 6.07) is 1.72. The molecule has 0 saturated heterocycles. The van der Waals surface area contributed by atoms with Crippen molar-refractivity contribution in [2.75, 3.05) is 12.0 Å². The molecule has 6 heteroatoms. The topological polar surface area (TPSA) is 77.8 Å². The van der Waals surface area contributed by atoms with Gasteiger partial charge in [-0.25, -0.2) is 0 Å². The van der Waals surface area contributed by atoms with Gasteiger partial charge in [0.1, 0.15) is 0 Å². The molecule has 2 N–H and O–H groups in total. The van der Waals surface area contributed by atoms with Gasteiger partial charge in [0.15, 0.2) is 0 Å². The van der Waals surface area contributed by atoms with Gasteiger partial charge in [0.2, 0.25) is 11.7 Å². The summed E-state index contributed by atoms with van der Waals surface area (Å²) < 4.78 is 5.21. The number of hydrogen-bond donors (Lipinski definition) is 1. The lowest BCUT2D eigenvalue weighted by Crippen LogP contribution is -2.11. The molecule has 0 saturated carbocycles. The second-order valence-corrected chi connectivity index (χ2v) is 5.02. The van der Waals surface area contributed by atoms with Crippen LogP contribution >= 0.6 is 11.8 Å². The molecular weight excluding hydrogens is 248 g/mol. The lowest BCUT2D eigenvalue weighted by Gasteiger charge is -2.03. The summed E-state index contributed by atoms with van der Waals surface area (Å²) in [5.74, 6) is 2.02. The molecule has 1 atom stereocenters. The maximum Gasteiger partial charge on any atom is 0.243 e. The Morgan fingerprint density at radius 1 is 1.50 bits per heavy atom. The van der Waals surface area contributed by atoms with Crippen molar-refractivity contribution < 1.29 is 4.52 Å². The maximum atomic E-state index is 5.99. The normalized spacial score (nSPS) is 12.6. The summed E-state index contributed by atoms with van der Waals surface area (Å²) in [5, 5.41) is 3.96. The van der Waals surface area contributed by atoms with Crippen LogP contribution in [0.3, 0.4) is 0 Å². The van der Waals surface area contributed by atoms with E-state index in [1.165, 1.54) is 0 Å². The van der Waals surface area contributed by atoms with E-state index in [0.29, 0.717) is 11.7 Å². The van der Waals surface area contributed by atoms with Crippen LogP contribution in [0.4, 0.5) is 0 Å². The summed E-state index contributed by atoms with van der Waals surface area (Å²) >= 11 is 1.75. The fraction of sp³-hybridized carbons (Fsp3) is 0.417. The molecule has 0 bridgehead atoms. The standard InChI is InChI=1S/C12H16N4OS/c1-8-3-5-14-7-9(8)11-15-12(17-16-11)10(13)4-6-18-2/h3,5,7,10H,4,6,13H2,1-2H3/t10-/m1/s1. The van der Waals surface area contributed by atoms with Crippen LogP contribution in [0.15, 0.2) is 23.0 Å². The monoisotopic (exact) mass is 264 g/mol. The lowest BCUT2D eigenvalue weighted by molar-refractivity contribution is 0.353. The van der Waals surface area contributed by atoms with Crippen molar-refractivity contribution in [1.82, 2.24) is 15.1 Å². The summed E-state index contributed by atoms with van der Waals surface area (Å²) in [6.45, 7) is 1.99. The van der Waals surface area contributed by atoms with Gasteiger partial charge in [0.25, 0.3) is 0 Å². The Morgan fingerprint density at radius 2 is 2.33 bits per heavy atom. The molecule has 2 aromatic rings. The molecule has 0 aliphatic rings. The second-order valence-electron chi connectivity index (χ2n) is 4.03. The van der Waals surface area contributed by atoms with Gasteiger partial charge in [-0.1, -0.05) is 5.16 Å². The fourth-order valence-electron chi connectivity index (χ4n) is 1.56. The lowest BCUT2D eigenvalue weighted by atomic mass is 10.1. The molecule has 0 spiro atoms. The zero-order chi connectivity index (χ0) is 13.0.